The van der Waals surface area contributed by atoms with E-state index in [0.717, 1.165) is 27.4 Å². The Morgan fingerprint density at radius 1 is 1.28 bits per heavy atom. The van der Waals surface area contributed by atoms with Gasteiger partial charge >= 0.3 is 0 Å². The Hall–Kier alpha value is -2.25. The van der Waals surface area contributed by atoms with Crippen molar-refractivity contribution in [3.63, 3.8) is 0 Å². The number of nitrogens with zero attached hydrogens (tertiary/aromatic N) is 1. The summed E-state index contributed by atoms with van der Waals surface area (Å²) >= 11 is 6.00. The number of anilines is 1. The zero-order chi connectivity index (χ0) is 21.4. The largest absolute Gasteiger partial charge is 0.487 e. The normalized spacial score (nSPS) is 17.8. The van der Waals surface area contributed by atoms with Gasteiger partial charge in [-0.15, -0.1) is 0 Å². The molecule has 3 rings (SSSR count). The predicted molar refractivity (Wildman–Crippen MR) is 115 cm³/mol. The molecule has 1 unspecified atom stereocenters. The van der Waals surface area contributed by atoms with Gasteiger partial charge in [0.1, 0.15) is 17.9 Å². The van der Waals surface area contributed by atoms with Crippen LogP contribution in [0.2, 0.25) is 5.02 Å². The molecular formula is C21H25ClN2O4S. The van der Waals surface area contributed by atoms with Gasteiger partial charge in [-0.1, -0.05) is 35.4 Å². The lowest BCUT2D eigenvalue weighted by atomic mass is 9.89. The fourth-order valence-electron chi connectivity index (χ4n) is 3.50. The zero-order valence-electron chi connectivity index (χ0n) is 16.9. The van der Waals surface area contributed by atoms with Crippen LogP contribution in [0.5, 0.6) is 5.75 Å². The molecule has 0 spiro atoms. The average molecular weight is 437 g/mol. The zero-order valence-corrected chi connectivity index (χ0v) is 18.5. The molecule has 2 aromatic rings. The van der Waals surface area contributed by atoms with Crippen molar-refractivity contribution < 1.29 is 17.9 Å². The molecule has 1 aliphatic heterocycles. The van der Waals surface area contributed by atoms with Gasteiger partial charge in [-0.2, -0.15) is 0 Å². The number of halogens is 1. The van der Waals surface area contributed by atoms with Crippen molar-refractivity contribution in [1.29, 1.82) is 0 Å². The molecule has 156 valence electrons. The second-order valence-electron chi connectivity index (χ2n) is 7.98. The number of carbonyl (C=O) groups is 1. The fourth-order valence-corrected chi connectivity index (χ4v) is 4.54. The van der Waals surface area contributed by atoms with Crippen LogP contribution < -0.4 is 14.4 Å². The van der Waals surface area contributed by atoms with Gasteiger partial charge in [0.15, 0.2) is 0 Å². The molecular weight excluding hydrogens is 412 g/mol. The van der Waals surface area contributed by atoms with Crippen molar-refractivity contribution >= 4 is 33.2 Å². The van der Waals surface area contributed by atoms with Crippen LogP contribution in [0.4, 0.5) is 5.69 Å². The van der Waals surface area contributed by atoms with Gasteiger partial charge < -0.3 is 10.1 Å². The number of fused-ring (bicyclic) bond motifs is 1. The lowest BCUT2D eigenvalue weighted by molar-refractivity contribution is -0.120. The Balaban J connectivity index is 1.85. The number of carbonyl (C=O) groups excluding carboxylic acids is 1. The van der Waals surface area contributed by atoms with Gasteiger partial charge in [-0.05, 0) is 45.0 Å². The lowest BCUT2D eigenvalue weighted by Gasteiger charge is -2.38. The number of aryl methyl sites for hydroxylation is 1. The van der Waals surface area contributed by atoms with E-state index in [-0.39, 0.29) is 12.6 Å². The molecule has 8 heteroatoms. The summed E-state index contributed by atoms with van der Waals surface area (Å²) in [5, 5.41) is 3.38. The number of ether oxygens (including phenoxy) is 1. The molecule has 1 N–H and O–H groups in total. The molecule has 1 heterocycles. The van der Waals surface area contributed by atoms with Crippen molar-refractivity contribution in [2.75, 3.05) is 17.1 Å². The number of hydrogen-bond acceptors (Lipinski definition) is 4. The third-order valence-corrected chi connectivity index (χ3v) is 6.12. The molecule has 1 amide bonds. The van der Waals surface area contributed by atoms with Crippen LogP contribution in [-0.2, 0) is 14.8 Å². The highest BCUT2D eigenvalue weighted by atomic mass is 35.5. The van der Waals surface area contributed by atoms with E-state index < -0.39 is 21.5 Å². The first-order chi connectivity index (χ1) is 13.4. The van der Waals surface area contributed by atoms with E-state index in [1.807, 2.05) is 39.0 Å². The monoisotopic (exact) mass is 436 g/mol. The standard InChI is InChI=1S/C21H25ClN2O4S/c1-14-8-9-19-17(10-14)18(12-21(2,3)28-19)23-20(25)13-24(29(4,26)27)16-7-5-6-15(22)11-16/h5-11,18H,12-13H2,1-4H3,(H,23,25). The van der Waals surface area contributed by atoms with Gasteiger partial charge in [0.25, 0.3) is 0 Å². The summed E-state index contributed by atoms with van der Waals surface area (Å²) < 4.78 is 31.7. The second-order valence-corrected chi connectivity index (χ2v) is 10.3. The van der Waals surface area contributed by atoms with Crippen molar-refractivity contribution in [2.45, 2.75) is 38.8 Å². The van der Waals surface area contributed by atoms with Gasteiger partial charge in [0.2, 0.25) is 15.9 Å². The number of rotatable bonds is 5. The van der Waals surface area contributed by atoms with Crippen LogP contribution in [0, 0.1) is 6.92 Å². The Kier molecular flexibility index (Phi) is 5.83. The highest BCUT2D eigenvalue weighted by molar-refractivity contribution is 7.92. The predicted octanol–water partition coefficient (Wildman–Crippen LogP) is 3.83. The maximum atomic E-state index is 12.8. The summed E-state index contributed by atoms with van der Waals surface area (Å²) in [4.78, 5) is 12.8. The molecule has 1 atom stereocenters. The third kappa shape index (κ3) is 5.22. The molecule has 2 aromatic carbocycles. The van der Waals surface area contributed by atoms with Crippen molar-refractivity contribution in [3.8, 4) is 5.75 Å². The van der Waals surface area contributed by atoms with Gasteiger partial charge in [-0.25, -0.2) is 8.42 Å². The topological polar surface area (TPSA) is 75.7 Å². The minimum atomic E-state index is -3.67. The maximum absolute atomic E-state index is 12.8. The van der Waals surface area contributed by atoms with E-state index in [9.17, 15) is 13.2 Å². The molecule has 0 aliphatic carbocycles. The summed E-state index contributed by atoms with van der Waals surface area (Å²) in [6, 6.07) is 12.0. The Morgan fingerprint density at radius 2 is 2.00 bits per heavy atom. The Bertz CT molecular complexity index is 1040. The van der Waals surface area contributed by atoms with Gasteiger partial charge in [0, 0.05) is 17.0 Å². The molecule has 1 aliphatic rings. The third-order valence-electron chi connectivity index (χ3n) is 4.74. The first-order valence-electron chi connectivity index (χ1n) is 9.27. The molecule has 6 nitrogen and oxygen atoms in total. The van der Waals surface area contributed by atoms with Crippen molar-refractivity contribution in [1.82, 2.24) is 5.32 Å². The van der Waals surface area contributed by atoms with E-state index in [1.54, 1.807) is 18.2 Å². The fraction of sp³-hybridized carbons (Fsp3) is 0.381. The Morgan fingerprint density at radius 3 is 2.66 bits per heavy atom. The highest BCUT2D eigenvalue weighted by Gasteiger charge is 2.35. The number of amides is 1. The maximum Gasteiger partial charge on any atom is 0.241 e. The van der Waals surface area contributed by atoms with Gasteiger partial charge in [0.05, 0.1) is 18.0 Å². The van der Waals surface area contributed by atoms with Crippen LogP contribution in [0.1, 0.15) is 37.4 Å². The smallest absolute Gasteiger partial charge is 0.241 e. The van der Waals surface area contributed by atoms with Crippen LogP contribution in [0.15, 0.2) is 42.5 Å². The summed E-state index contributed by atoms with van der Waals surface area (Å²) in [5.74, 6) is 0.331. The summed E-state index contributed by atoms with van der Waals surface area (Å²) in [6.45, 7) is 5.56. The summed E-state index contributed by atoms with van der Waals surface area (Å²) in [7, 11) is -3.67. The van der Waals surface area contributed by atoms with Crippen LogP contribution in [0.25, 0.3) is 0 Å². The highest BCUT2D eigenvalue weighted by Crippen LogP contribution is 2.39. The molecule has 0 aromatic heterocycles. The van der Waals surface area contributed by atoms with E-state index >= 15 is 0 Å². The quantitative estimate of drug-likeness (QED) is 0.772. The minimum absolute atomic E-state index is 0.276. The van der Waals surface area contributed by atoms with Crippen LogP contribution >= 0.6 is 11.6 Å². The van der Waals surface area contributed by atoms with E-state index in [1.165, 1.54) is 6.07 Å². The molecule has 0 saturated heterocycles. The number of benzene rings is 2. The van der Waals surface area contributed by atoms with E-state index in [2.05, 4.69) is 5.32 Å². The second kappa shape index (κ2) is 7.88. The van der Waals surface area contributed by atoms with Crippen LogP contribution in [0.3, 0.4) is 0 Å². The van der Waals surface area contributed by atoms with Crippen molar-refractivity contribution in [2.24, 2.45) is 0 Å². The number of hydrogen-bond donors (Lipinski definition) is 1. The minimum Gasteiger partial charge on any atom is -0.487 e. The molecule has 0 fully saturated rings. The molecule has 0 radical (unpaired) electrons. The first-order valence-corrected chi connectivity index (χ1v) is 11.5. The number of sulfonamides is 1. The van der Waals surface area contributed by atoms with Crippen molar-refractivity contribution in [3.05, 3.63) is 58.6 Å². The Labute approximate surface area is 176 Å². The molecule has 29 heavy (non-hydrogen) atoms. The summed E-state index contributed by atoms with van der Waals surface area (Å²) in [6.07, 6.45) is 1.64. The average Bonchev–Trinajstić information content (AvgIpc) is 2.58. The van der Waals surface area contributed by atoms with E-state index in [0.29, 0.717) is 17.1 Å². The number of nitrogens with one attached hydrogen (secondary N) is 1. The molecule has 0 bridgehead atoms. The summed E-state index contributed by atoms with van der Waals surface area (Å²) in [5.41, 5.74) is 1.84. The van der Waals surface area contributed by atoms with Gasteiger partial charge in [-0.3, -0.25) is 9.10 Å². The lowest BCUT2D eigenvalue weighted by Crippen LogP contribution is -2.45. The first kappa shape index (κ1) is 21.5. The van der Waals surface area contributed by atoms with E-state index in [4.69, 9.17) is 16.3 Å². The molecule has 0 saturated carbocycles. The SMILES string of the molecule is Cc1ccc2c(c1)C(NC(=O)CN(c1cccc(Cl)c1)S(C)(=O)=O)CC(C)(C)O2. The van der Waals surface area contributed by atoms with Crippen LogP contribution in [-0.4, -0.2) is 32.7 Å².